The molecule has 0 bridgehead atoms. The number of ether oxygens (including phenoxy) is 3. The van der Waals surface area contributed by atoms with Gasteiger partial charge in [0.1, 0.15) is 12.6 Å². The summed E-state index contributed by atoms with van der Waals surface area (Å²) in [5.74, 6) is -1.12. The first kappa shape index (κ1) is 21.0. The average molecular weight is 437 g/mol. The van der Waals surface area contributed by atoms with Crippen molar-refractivity contribution in [3.63, 3.8) is 0 Å². The van der Waals surface area contributed by atoms with Gasteiger partial charge >= 0.3 is 12.1 Å². The molecule has 1 N–H and O–H groups in total. The van der Waals surface area contributed by atoms with Crippen LogP contribution in [0.2, 0.25) is 0 Å². The first-order valence-electron chi connectivity index (χ1n) is 11.2. The van der Waals surface area contributed by atoms with E-state index in [1.54, 1.807) is 0 Å². The molecule has 2 aromatic carbocycles. The minimum absolute atomic E-state index is 0.0695. The smallest absolute Gasteiger partial charge is 0.410 e. The van der Waals surface area contributed by atoms with Crippen LogP contribution in [-0.2, 0) is 19.0 Å². The van der Waals surface area contributed by atoms with E-state index in [0.29, 0.717) is 6.61 Å². The van der Waals surface area contributed by atoms with E-state index in [1.165, 1.54) is 4.90 Å². The molecule has 3 aliphatic rings. The number of aliphatic carboxylic acids is 1. The number of carbonyl (C=O) groups excluding carboxylic acids is 1. The molecule has 1 unspecified atom stereocenters. The molecule has 2 fully saturated rings. The van der Waals surface area contributed by atoms with E-state index in [2.05, 4.69) is 24.3 Å². The predicted octanol–water partition coefficient (Wildman–Crippen LogP) is 4.01. The second-order valence-corrected chi connectivity index (χ2v) is 8.60. The molecule has 7 nitrogen and oxygen atoms in total. The molecule has 0 saturated carbocycles. The molecule has 5 rings (SSSR count). The zero-order valence-corrected chi connectivity index (χ0v) is 17.8. The van der Waals surface area contributed by atoms with Crippen molar-refractivity contribution in [2.75, 3.05) is 19.8 Å². The monoisotopic (exact) mass is 437 g/mol. The van der Waals surface area contributed by atoms with Gasteiger partial charge in [-0.15, -0.1) is 0 Å². The first-order chi connectivity index (χ1) is 15.6. The van der Waals surface area contributed by atoms with Crippen LogP contribution in [0.5, 0.6) is 0 Å². The number of fused-ring (bicyclic) bond motifs is 3. The Labute approximate surface area is 186 Å². The van der Waals surface area contributed by atoms with Gasteiger partial charge < -0.3 is 19.3 Å². The number of benzene rings is 2. The van der Waals surface area contributed by atoms with Crippen LogP contribution < -0.4 is 0 Å². The van der Waals surface area contributed by atoms with E-state index in [9.17, 15) is 14.7 Å². The van der Waals surface area contributed by atoms with Crippen LogP contribution in [0, 0.1) is 0 Å². The van der Waals surface area contributed by atoms with Crippen molar-refractivity contribution in [1.82, 2.24) is 4.90 Å². The molecule has 1 aliphatic carbocycles. The first-order valence-corrected chi connectivity index (χ1v) is 11.2. The van der Waals surface area contributed by atoms with Gasteiger partial charge in [-0.25, -0.2) is 9.59 Å². The van der Waals surface area contributed by atoms with Crippen LogP contribution in [0.1, 0.15) is 42.7 Å². The maximum Gasteiger partial charge on any atom is 0.410 e. The van der Waals surface area contributed by atoms with Gasteiger partial charge in [-0.3, -0.25) is 4.90 Å². The van der Waals surface area contributed by atoms with Gasteiger partial charge in [-0.05, 0) is 41.5 Å². The summed E-state index contributed by atoms with van der Waals surface area (Å²) < 4.78 is 17.2. The molecule has 32 heavy (non-hydrogen) atoms. The summed E-state index contributed by atoms with van der Waals surface area (Å²) in [6, 6.07) is 15.3. The highest BCUT2D eigenvalue weighted by atomic mass is 16.7. The minimum atomic E-state index is -1.05. The van der Waals surface area contributed by atoms with Crippen LogP contribution in [0.15, 0.2) is 48.5 Å². The van der Waals surface area contributed by atoms with E-state index < -0.39 is 18.1 Å². The van der Waals surface area contributed by atoms with Gasteiger partial charge in [0.2, 0.25) is 0 Å². The summed E-state index contributed by atoms with van der Waals surface area (Å²) in [7, 11) is 0. The number of hydrogen-bond acceptors (Lipinski definition) is 5. The molecule has 2 aliphatic heterocycles. The van der Waals surface area contributed by atoms with Crippen molar-refractivity contribution in [1.29, 1.82) is 0 Å². The van der Waals surface area contributed by atoms with Crippen molar-refractivity contribution in [3.8, 4) is 11.1 Å². The highest BCUT2D eigenvalue weighted by molar-refractivity contribution is 5.81. The lowest BCUT2D eigenvalue weighted by molar-refractivity contribution is -0.185. The molecule has 168 valence electrons. The molecule has 2 saturated heterocycles. The number of likely N-dealkylation sites (tertiary alicyclic amines) is 1. The average Bonchev–Trinajstić information content (AvgIpc) is 3.38. The van der Waals surface area contributed by atoms with E-state index in [4.69, 9.17) is 14.2 Å². The fraction of sp³-hybridized carbons (Fsp3) is 0.440. The molecular weight excluding hydrogens is 410 g/mol. The van der Waals surface area contributed by atoms with E-state index in [0.717, 1.165) is 41.5 Å². The van der Waals surface area contributed by atoms with Crippen molar-refractivity contribution >= 4 is 12.1 Å². The molecular formula is C25H27NO6. The lowest BCUT2D eigenvalue weighted by Crippen LogP contribution is -2.41. The Kier molecular flexibility index (Phi) is 5.85. The SMILES string of the molecule is O=C(O)[C@@H]1C[C@H](OC2CCCCO2)CN1C(=O)OCC1c2ccccc2-c2ccccc21. The van der Waals surface area contributed by atoms with Crippen LogP contribution in [0.4, 0.5) is 4.79 Å². The molecule has 2 aromatic rings. The number of carbonyl (C=O) groups is 2. The Morgan fingerprint density at radius 1 is 1.03 bits per heavy atom. The fourth-order valence-electron chi connectivity index (χ4n) is 5.04. The van der Waals surface area contributed by atoms with Crippen molar-refractivity contribution in [3.05, 3.63) is 59.7 Å². The van der Waals surface area contributed by atoms with E-state index in [1.807, 2.05) is 24.3 Å². The standard InChI is InChI=1S/C25H27NO6/c27-24(28)22-13-16(32-23-11-5-6-12-30-23)14-26(22)25(29)31-15-21-19-9-3-1-7-17(19)18-8-2-4-10-20(18)21/h1-4,7-10,16,21-23H,5-6,11-15H2,(H,27,28)/t16-,22-,23?/m0/s1. The number of carboxylic acid groups (broad SMARTS) is 1. The Bertz CT molecular complexity index is 956. The number of rotatable bonds is 5. The molecule has 0 aromatic heterocycles. The summed E-state index contributed by atoms with van der Waals surface area (Å²) in [6.45, 7) is 0.996. The second-order valence-electron chi connectivity index (χ2n) is 8.60. The highest BCUT2D eigenvalue weighted by Crippen LogP contribution is 2.44. The van der Waals surface area contributed by atoms with Crippen LogP contribution >= 0.6 is 0 Å². The lowest BCUT2D eigenvalue weighted by Gasteiger charge is -2.26. The molecule has 1 amide bonds. The topological polar surface area (TPSA) is 85.3 Å². The Hall–Kier alpha value is -2.90. The quantitative estimate of drug-likeness (QED) is 0.761. The maximum absolute atomic E-state index is 12.9. The number of nitrogens with zero attached hydrogens (tertiary/aromatic N) is 1. The normalized spacial score (nSPS) is 24.8. The zero-order chi connectivity index (χ0) is 22.1. The van der Waals surface area contributed by atoms with Gasteiger partial charge in [-0.2, -0.15) is 0 Å². The summed E-state index contributed by atoms with van der Waals surface area (Å²) in [5.41, 5.74) is 4.53. The molecule has 3 atom stereocenters. The van der Waals surface area contributed by atoms with E-state index in [-0.39, 0.29) is 37.9 Å². The second kappa shape index (κ2) is 8.92. The molecule has 0 spiro atoms. The predicted molar refractivity (Wildman–Crippen MR) is 116 cm³/mol. The van der Waals surface area contributed by atoms with Gasteiger partial charge in [-0.1, -0.05) is 48.5 Å². The van der Waals surface area contributed by atoms with Crippen LogP contribution in [-0.4, -0.2) is 60.3 Å². The van der Waals surface area contributed by atoms with Crippen molar-refractivity contribution in [2.24, 2.45) is 0 Å². The number of amides is 1. The summed E-state index contributed by atoms with van der Waals surface area (Å²) in [6.07, 6.45) is 1.74. The Morgan fingerprint density at radius 2 is 1.72 bits per heavy atom. The maximum atomic E-state index is 12.9. The summed E-state index contributed by atoms with van der Waals surface area (Å²) in [4.78, 5) is 26.0. The largest absolute Gasteiger partial charge is 0.480 e. The lowest BCUT2D eigenvalue weighted by atomic mass is 9.98. The third-order valence-electron chi connectivity index (χ3n) is 6.60. The van der Waals surface area contributed by atoms with Crippen LogP contribution in [0.25, 0.3) is 11.1 Å². The summed E-state index contributed by atoms with van der Waals surface area (Å²) in [5, 5.41) is 9.66. The highest BCUT2D eigenvalue weighted by Gasteiger charge is 2.42. The zero-order valence-electron chi connectivity index (χ0n) is 17.8. The summed E-state index contributed by atoms with van der Waals surface area (Å²) >= 11 is 0. The Morgan fingerprint density at radius 3 is 2.34 bits per heavy atom. The molecule has 0 radical (unpaired) electrons. The van der Waals surface area contributed by atoms with Gasteiger partial charge in [0.15, 0.2) is 6.29 Å². The van der Waals surface area contributed by atoms with Gasteiger partial charge in [0, 0.05) is 18.9 Å². The number of hydrogen-bond donors (Lipinski definition) is 1. The Balaban J connectivity index is 1.26. The third kappa shape index (κ3) is 3.98. The minimum Gasteiger partial charge on any atom is -0.480 e. The van der Waals surface area contributed by atoms with E-state index >= 15 is 0 Å². The van der Waals surface area contributed by atoms with Crippen molar-refractivity contribution < 1.29 is 28.9 Å². The van der Waals surface area contributed by atoms with Crippen LogP contribution in [0.3, 0.4) is 0 Å². The fourth-order valence-corrected chi connectivity index (χ4v) is 5.04. The molecule has 2 heterocycles. The van der Waals surface area contributed by atoms with Gasteiger partial charge in [0.05, 0.1) is 12.6 Å². The number of carboxylic acids is 1. The molecule has 7 heteroatoms. The third-order valence-corrected chi connectivity index (χ3v) is 6.60. The van der Waals surface area contributed by atoms with Crippen molar-refractivity contribution in [2.45, 2.75) is 50.0 Å². The van der Waals surface area contributed by atoms with Gasteiger partial charge in [0.25, 0.3) is 0 Å².